The first-order valence-electron chi connectivity index (χ1n) is 5.96. The zero-order valence-electron chi connectivity index (χ0n) is 11.3. The Bertz CT molecular complexity index is 421. The second-order valence-electron chi connectivity index (χ2n) is 5.40. The normalized spacial score (nSPS) is 11.9. The standard InChI is InChI=1S/C13H21ClN2O/c1-6-10-12(14)11(16(5)15-10)8-13(3,4)7-9(2)17/h6-8H2,1-5H3. The summed E-state index contributed by atoms with van der Waals surface area (Å²) in [7, 11) is 1.91. The van der Waals surface area contributed by atoms with E-state index in [2.05, 4.69) is 18.9 Å². The van der Waals surface area contributed by atoms with Gasteiger partial charge in [0.15, 0.2) is 0 Å². The minimum absolute atomic E-state index is 0.0751. The third kappa shape index (κ3) is 3.56. The molecule has 4 heteroatoms. The number of aromatic nitrogens is 2. The molecule has 1 aromatic rings. The molecule has 1 heterocycles. The highest BCUT2D eigenvalue weighted by atomic mass is 35.5. The van der Waals surface area contributed by atoms with Crippen molar-refractivity contribution in [2.24, 2.45) is 12.5 Å². The van der Waals surface area contributed by atoms with Crippen LogP contribution in [0, 0.1) is 5.41 Å². The van der Waals surface area contributed by atoms with Crippen LogP contribution in [0.1, 0.15) is 45.5 Å². The molecule has 0 spiro atoms. The van der Waals surface area contributed by atoms with E-state index < -0.39 is 0 Å². The molecule has 0 atom stereocenters. The van der Waals surface area contributed by atoms with Crippen LogP contribution < -0.4 is 0 Å². The van der Waals surface area contributed by atoms with Gasteiger partial charge < -0.3 is 4.79 Å². The maximum absolute atomic E-state index is 11.2. The Kier molecular flexibility index (Phi) is 4.36. The van der Waals surface area contributed by atoms with Gasteiger partial charge in [0.05, 0.1) is 16.4 Å². The van der Waals surface area contributed by atoms with E-state index in [1.54, 1.807) is 6.92 Å². The van der Waals surface area contributed by atoms with Crippen LogP contribution in [0.3, 0.4) is 0 Å². The molecule has 1 rings (SSSR count). The zero-order valence-corrected chi connectivity index (χ0v) is 12.1. The average molecular weight is 257 g/mol. The summed E-state index contributed by atoms with van der Waals surface area (Å²) in [6.45, 7) is 7.84. The van der Waals surface area contributed by atoms with Crippen LogP contribution in [0.15, 0.2) is 0 Å². The van der Waals surface area contributed by atoms with Gasteiger partial charge in [0, 0.05) is 13.5 Å². The van der Waals surface area contributed by atoms with Crippen molar-refractivity contribution in [3.63, 3.8) is 0 Å². The van der Waals surface area contributed by atoms with E-state index in [4.69, 9.17) is 11.6 Å². The van der Waals surface area contributed by atoms with Crippen molar-refractivity contribution in [3.05, 3.63) is 16.4 Å². The van der Waals surface area contributed by atoms with Crippen molar-refractivity contribution in [1.82, 2.24) is 9.78 Å². The maximum Gasteiger partial charge on any atom is 0.130 e. The molecule has 0 saturated carbocycles. The molecule has 0 fully saturated rings. The molecule has 0 aromatic carbocycles. The number of carbonyl (C=O) groups is 1. The summed E-state index contributed by atoms with van der Waals surface area (Å²) in [5, 5.41) is 5.15. The van der Waals surface area contributed by atoms with E-state index in [1.165, 1.54) is 0 Å². The fourth-order valence-electron chi connectivity index (χ4n) is 2.20. The molecular formula is C13H21ClN2O. The number of hydrogen-bond donors (Lipinski definition) is 0. The van der Waals surface area contributed by atoms with Crippen LogP contribution in [0.25, 0.3) is 0 Å². The number of Topliss-reactive ketones (excluding diaryl/α,β-unsaturated/α-hetero) is 1. The van der Waals surface area contributed by atoms with Crippen molar-refractivity contribution in [1.29, 1.82) is 0 Å². The largest absolute Gasteiger partial charge is 0.300 e. The van der Waals surface area contributed by atoms with Gasteiger partial charge >= 0.3 is 0 Å². The third-order valence-corrected chi connectivity index (χ3v) is 3.31. The lowest BCUT2D eigenvalue weighted by molar-refractivity contribution is -0.118. The van der Waals surface area contributed by atoms with Crippen LogP contribution in [-0.4, -0.2) is 15.6 Å². The van der Waals surface area contributed by atoms with Crippen molar-refractivity contribution in [2.45, 2.75) is 47.0 Å². The lowest BCUT2D eigenvalue weighted by Gasteiger charge is -2.23. The number of hydrogen-bond acceptors (Lipinski definition) is 2. The van der Waals surface area contributed by atoms with Gasteiger partial charge in [-0.3, -0.25) is 4.68 Å². The lowest BCUT2D eigenvalue weighted by atomic mass is 9.83. The number of rotatable bonds is 5. The summed E-state index contributed by atoms with van der Waals surface area (Å²) in [5.74, 6) is 0.212. The first kappa shape index (κ1) is 14.2. The minimum atomic E-state index is -0.0751. The third-order valence-electron chi connectivity index (χ3n) is 2.88. The van der Waals surface area contributed by atoms with E-state index in [1.807, 2.05) is 18.7 Å². The highest BCUT2D eigenvalue weighted by Gasteiger charge is 2.25. The van der Waals surface area contributed by atoms with E-state index in [0.717, 1.165) is 29.3 Å². The van der Waals surface area contributed by atoms with Gasteiger partial charge in [-0.1, -0.05) is 32.4 Å². The Balaban J connectivity index is 2.95. The number of carbonyl (C=O) groups excluding carboxylic acids is 1. The van der Waals surface area contributed by atoms with Gasteiger partial charge in [-0.05, 0) is 25.2 Å². The highest BCUT2D eigenvalue weighted by molar-refractivity contribution is 6.31. The molecule has 0 aliphatic heterocycles. The van der Waals surface area contributed by atoms with Crippen LogP contribution in [0.5, 0.6) is 0 Å². The van der Waals surface area contributed by atoms with Gasteiger partial charge in [0.25, 0.3) is 0 Å². The molecule has 96 valence electrons. The molecule has 1 aromatic heterocycles. The molecule has 0 bridgehead atoms. The predicted octanol–water partition coefficient (Wildman–Crippen LogP) is 3.18. The molecule has 0 aliphatic rings. The van der Waals surface area contributed by atoms with E-state index in [9.17, 15) is 4.79 Å². The topological polar surface area (TPSA) is 34.9 Å². The molecule has 0 saturated heterocycles. The van der Waals surface area contributed by atoms with Crippen LogP contribution in [-0.2, 0) is 24.7 Å². The van der Waals surface area contributed by atoms with E-state index in [0.29, 0.717) is 6.42 Å². The van der Waals surface area contributed by atoms with Crippen LogP contribution in [0.4, 0.5) is 0 Å². The summed E-state index contributed by atoms with van der Waals surface area (Å²) in [4.78, 5) is 11.2. The Hall–Kier alpha value is -0.830. The van der Waals surface area contributed by atoms with Crippen LogP contribution >= 0.6 is 11.6 Å². The monoisotopic (exact) mass is 256 g/mol. The Morgan fingerprint density at radius 2 is 2.06 bits per heavy atom. The summed E-state index contributed by atoms with van der Waals surface area (Å²) in [5.41, 5.74) is 1.88. The first-order valence-corrected chi connectivity index (χ1v) is 6.34. The smallest absolute Gasteiger partial charge is 0.130 e. The maximum atomic E-state index is 11.2. The summed E-state index contributed by atoms with van der Waals surface area (Å²) < 4.78 is 1.84. The Morgan fingerprint density at radius 3 is 2.47 bits per heavy atom. The molecule has 17 heavy (non-hydrogen) atoms. The van der Waals surface area contributed by atoms with Crippen LogP contribution in [0.2, 0.25) is 5.02 Å². The predicted molar refractivity (Wildman–Crippen MR) is 70.4 cm³/mol. The number of ketones is 1. The Morgan fingerprint density at radius 1 is 1.47 bits per heavy atom. The van der Waals surface area contributed by atoms with Gasteiger partial charge in [-0.15, -0.1) is 0 Å². The van der Waals surface area contributed by atoms with Gasteiger partial charge in [-0.2, -0.15) is 5.10 Å². The Labute approximate surface area is 108 Å². The molecule has 0 N–H and O–H groups in total. The number of aryl methyl sites for hydroxylation is 2. The van der Waals surface area contributed by atoms with Crippen molar-refractivity contribution < 1.29 is 4.79 Å². The second-order valence-corrected chi connectivity index (χ2v) is 5.78. The van der Waals surface area contributed by atoms with E-state index in [-0.39, 0.29) is 11.2 Å². The van der Waals surface area contributed by atoms with E-state index >= 15 is 0 Å². The summed E-state index contributed by atoms with van der Waals surface area (Å²) in [6.07, 6.45) is 2.17. The van der Waals surface area contributed by atoms with Crippen molar-refractivity contribution >= 4 is 17.4 Å². The summed E-state index contributed by atoms with van der Waals surface area (Å²) >= 11 is 6.30. The average Bonchev–Trinajstić information content (AvgIpc) is 2.42. The fraction of sp³-hybridized carbons (Fsp3) is 0.692. The number of nitrogens with zero attached hydrogens (tertiary/aromatic N) is 2. The molecule has 0 amide bonds. The minimum Gasteiger partial charge on any atom is -0.300 e. The number of halogens is 1. The lowest BCUT2D eigenvalue weighted by Crippen LogP contribution is -2.20. The summed E-state index contributed by atoms with van der Waals surface area (Å²) in [6, 6.07) is 0. The van der Waals surface area contributed by atoms with Gasteiger partial charge in [0.1, 0.15) is 5.78 Å². The van der Waals surface area contributed by atoms with Gasteiger partial charge in [0.2, 0.25) is 0 Å². The zero-order chi connectivity index (χ0) is 13.2. The highest BCUT2D eigenvalue weighted by Crippen LogP contribution is 2.31. The molecular weight excluding hydrogens is 236 g/mol. The quantitative estimate of drug-likeness (QED) is 0.811. The first-order chi connectivity index (χ1) is 7.76. The molecule has 0 unspecified atom stereocenters. The SMILES string of the molecule is CCc1nn(C)c(CC(C)(C)CC(C)=O)c1Cl. The second kappa shape index (κ2) is 5.21. The molecule has 0 aliphatic carbocycles. The van der Waals surface area contributed by atoms with Crippen molar-refractivity contribution in [2.75, 3.05) is 0 Å². The van der Waals surface area contributed by atoms with Crippen molar-refractivity contribution in [3.8, 4) is 0 Å². The fourth-order valence-corrected chi connectivity index (χ4v) is 2.56. The van der Waals surface area contributed by atoms with Gasteiger partial charge in [-0.25, -0.2) is 0 Å². The molecule has 3 nitrogen and oxygen atoms in total. The molecule has 0 radical (unpaired) electrons.